The van der Waals surface area contributed by atoms with Crippen molar-refractivity contribution in [2.75, 3.05) is 0 Å². The highest BCUT2D eigenvalue weighted by Crippen LogP contribution is 2.33. The van der Waals surface area contributed by atoms with Gasteiger partial charge in [0.15, 0.2) is 0 Å². The average Bonchev–Trinajstić information content (AvgIpc) is 2.69. The second-order valence-electron chi connectivity index (χ2n) is 6.14. The van der Waals surface area contributed by atoms with Gasteiger partial charge in [-0.1, -0.05) is 49.5 Å². The molecule has 1 aromatic rings. The maximum Gasteiger partial charge on any atom is 0.0931 e. The van der Waals surface area contributed by atoms with Crippen LogP contribution in [0.5, 0.6) is 0 Å². The summed E-state index contributed by atoms with van der Waals surface area (Å²) in [6.07, 6.45) is 6.64. The lowest BCUT2D eigenvalue weighted by Gasteiger charge is -2.26. The molecule has 1 nitrogen and oxygen atoms in total. The van der Waals surface area contributed by atoms with Crippen molar-refractivity contribution in [1.82, 2.24) is 4.98 Å². The number of aromatic nitrogens is 1. The third kappa shape index (κ3) is 3.54. The van der Waals surface area contributed by atoms with E-state index in [4.69, 9.17) is 4.98 Å². The zero-order chi connectivity index (χ0) is 12.5. The van der Waals surface area contributed by atoms with Crippen LogP contribution in [0.25, 0.3) is 0 Å². The molecule has 0 N–H and O–H groups in total. The monoisotopic (exact) mass is 315 g/mol. The third-order valence-electron chi connectivity index (χ3n) is 3.57. The predicted molar refractivity (Wildman–Crippen MR) is 79.2 cm³/mol. The Bertz CT molecular complexity index is 367. The summed E-state index contributed by atoms with van der Waals surface area (Å²) in [4.78, 5) is 5.51. The molecule has 0 radical (unpaired) electrons. The van der Waals surface area contributed by atoms with Gasteiger partial charge in [0, 0.05) is 22.0 Å². The van der Waals surface area contributed by atoms with E-state index >= 15 is 0 Å². The van der Waals surface area contributed by atoms with E-state index in [9.17, 15) is 0 Å². The van der Waals surface area contributed by atoms with Crippen LogP contribution in [0.1, 0.15) is 57.2 Å². The first kappa shape index (κ1) is 13.5. The van der Waals surface area contributed by atoms with E-state index in [1.807, 2.05) is 11.3 Å². The number of alkyl halides is 1. The number of rotatable bonds is 2. The summed E-state index contributed by atoms with van der Waals surface area (Å²) < 4.78 is 0. The molecule has 96 valence electrons. The zero-order valence-electron chi connectivity index (χ0n) is 11.0. The summed E-state index contributed by atoms with van der Waals surface area (Å²) in [5, 5.41) is 3.56. The van der Waals surface area contributed by atoms with Crippen LogP contribution in [-0.4, -0.2) is 9.81 Å². The summed E-state index contributed by atoms with van der Waals surface area (Å²) in [5.41, 5.74) is 1.44. The molecule has 17 heavy (non-hydrogen) atoms. The maximum absolute atomic E-state index is 4.81. The van der Waals surface area contributed by atoms with Gasteiger partial charge in [-0.3, -0.25) is 0 Å². The highest BCUT2D eigenvalue weighted by molar-refractivity contribution is 9.09. The van der Waals surface area contributed by atoms with Crippen molar-refractivity contribution >= 4 is 27.3 Å². The fraction of sp³-hybridized carbons (Fsp3) is 0.786. The molecule has 0 aliphatic heterocycles. The summed E-state index contributed by atoms with van der Waals surface area (Å²) in [7, 11) is 0. The fourth-order valence-electron chi connectivity index (χ4n) is 2.37. The molecule has 1 aliphatic carbocycles. The molecule has 2 rings (SSSR count). The van der Waals surface area contributed by atoms with Gasteiger partial charge in [0.2, 0.25) is 0 Å². The highest BCUT2D eigenvalue weighted by Gasteiger charge is 2.25. The van der Waals surface area contributed by atoms with Crippen LogP contribution in [0, 0.1) is 5.92 Å². The molecule has 1 aliphatic rings. The summed E-state index contributed by atoms with van der Waals surface area (Å²) in [6.45, 7) is 6.71. The molecule has 3 heteroatoms. The SMILES string of the molecule is CC(C)(C)c1csc(CC2CCCCC2Br)n1. The van der Waals surface area contributed by atoms with E-state index < -0.39 is 0 Å². The van der Waals surface area contributed by atoms with Crippen LogP contribution in [0.15, 0.2) is 5.38 Å². The van der Waals surface area contributed by atoms with E-state index in [2.05, 4.69) is 42.1 Å². The van der Waals surface area contributed by atoms with Gasteiger partial charge in [0.05, 0.1) is 10.7 Å². The van der Waals surface area contributed by atoms with Crippen LogP contribution < -0.4 is 0 Å². The summed E-state index contributed by atoms with van der Waals surface area (Å²) in [6, 6.07) is 0. The van der Waals surface area contributed by atoms with Crippen molar-refractivity contribution in [2.45, 2.75) is 63.1 Å². The van der Waals surface area contributed by atoms with Gasteiger partial charge in [0.25, 0.3) is 0 Å². The van der Waals surface area contributed by atoms with Crippen LogP contribution >= 0.6 is 27.3 Å². The second kappa shape index (κ2) is 5.40. The first-order valence-corrected chi connectivity index (χ1v) is 8.35. The smallest absolute Gasteiger partial charge is 0.0931 e. The fourth-order valence-corrected chi connectivity index (χ4v) is 4.26. The van der Waals surface area contributed by atoms with Crippen molar-refractivity contribution in [3.8, 4) is 0 Å². The largest absolute Gasteiger partial charge is 0.246 e. The number of halogens is 1. The number of hydrogen-bond acceptors (Lipinski definition) is 2. The van der Waals surface area contributed by atoms with Crippen molar-refractivity contribution in [3.05, 3.63) is 16.1 Å². The van der Waals surface area contributed by atoms with Crippen LogP contribution in [-0.2, 0) is 11.8 Å². The molecule has 2 unspecified atom stereocenters. The second-order valence-corrected chi connectivity index (χ2v) is 8.26. The molecular formula is C14H22BrNS. The Morgan fingerprint density at radius 3 is 2.65 bits per heavy atom. The Morgan fingerprint density at radius 2 is 2.06 bits per heavy atom. The molecule has 1 saturated carbocycles. The van der Waals surface area contributed by atoms with Gasteiger partial charge in [-0.25, -0.2) is 4.98 Å². The Hall–Kier alpha value is 0.110. The molecule has 2 atom stereocenters. The van der Waals surface area contributed by atoms with E-state index in [0.29, 0.717) is 4.83 Å². The third-order valence-corrected chi connectivity index (χ3v) is 5.65. The minimum atomic E-state index is 0.190. The molecule has 1 aromatic heterocycles. The van der Waals surface area contributed by atoms with E-state index in [0.717, 1.165) is 12.3 Å². The predicted octanol–water partition coefficient (Wildman–Crippen LogP) is 4.94. The summed E-state index contributed by atoms with van der Waals surface area (Å²) >= 11 is 5.68. The molecule has 0 spiro atoms. The molecule has 1 heterocycles. The van der Waals surface area contributed by atoms with E-state index in [1.165, 1.54) is 36.4 Å². The first-order valence-electron chi connectivity index (χ1n) is 6.56. The lowest BCUT2D eigenvalue weighted by atomic mass is 9.87. The lowest BCUT2D eigenvalue weighted by molar-refractivity contribution is 0.372. The van der Waals surface area contributed by atoms with Crippen molar-refractivity contribution in [3.63, 3.8) is 0 Å². The molecule has 1 fully saturated rings. The molecule has 0 bridgehead atoms. The maximum atomic E-state index is 4.81. The van der Waals surface area contributed by atoms with Crippen LogP contribution in [0.2, 0.25) is 0 Å². The number of thiazole rings is 1. The minimum Gasteiger partial charge on any atom is -0.246 e. The Labute approximate surface area is 117 Å². The standard InChI is InChI=1S/C14H22BrNS/c1-14(2,3)12-9-17-13(16-12)8-10-6-4-5-7-11(10)15/h9-11H,4-8H2,1-3H3. The Kier molecular flexibility index (Phi) is 4.30. The van der Waals surface area contributed by atoms with Crippen LogP contribution in [0.3, 0.4) is 0 Å². The van der Waals surface area contributed by atoms with Gasteiger partial charge in [-0.2, -0.15) is 0 Å². The van der Waals surface area contributed by atoms with E-state index in [-0.39, 0.29) is 5.41 Å². The lowest BCUT2D eigenvalue weighted by Crippen LogP contribution is -2.21. The first-order chi connectivity index (χ1) is 7.97. The summed E-state index contributed by atoms with van der Waals surface area (Å²) in [5.74, 6) is 0.794. The molecule has 0 aromatic carbocycles. The van der Waals surface area contributed by atoms with Gasteiger partial charge in [0.1, 0.15) is 0 Å². The van der Waals surface area contributed by atoms with Gasteiger partial charge >= 0.3 is 0 Å². The van der Waals surface area contributed by atoms with Crippen molar-refractivity contribution in [2.24, 2.45) is 5.92 Å². The average molecular weight is 316 g/mol. The Balaban J connectivity index is 2.01. The van der Waals surface area contributed by atoms with Crippen molar-refractivity contribution < 1.29 is 0 Å². The van der Waals surface area contributed by atoms with Crippen LogP contribution in [0.4, 0.5) is 0 Å². The highest BCUT2D eigenvalue weighted by atomic mass is 79.9. The van der Waals surface area contributed by atoms with Crippen molar-refractivity contribution in [1.29, 1.82) is 0 Å². The van der Waals surface area contributed by atoms with Gasteiger partial charge in [-0.15, -0.1) is 11.3 Å². The van der Waals surface area contributed by atoms with E-state index in [1.54, 1.807) is 0 Å². The Morgan fingerprint density at radius 1 is 1.35 bits per heavy atom. The molecule has 0 saturated heterocycles. The van der Waals surface area contributed by atoms with Gasteiger partial charge < -0.3 is 0 Å². The molecule has 0 amide bonds. The van der Waals surface area contributed by atoms with Gasteiger partial charge in [-0.05, 0) is 18.8 Å². The molecular weight excluding hydrogens is 294 g/mol. The number of nitrogens with zero attached hydrogens (tertiary/aromatic N) is 1. The minimum absolute atomic E-state index is 0.190. The quantitative estimate of drug-likeness (QED) is 0.705. The topological polar surface area (TPSA) is 12.9 Å². The zero-order valence-corrected chi connectivity index (χ0v) is 13.4. The normalized spacial score (nSPS) is 26.1. The number of hydrogen-bond donors (Lipinski definition) is 0.